The van der Waals surface area contributed by atoms with Gasteiger partial charge in [-0.2, -0.15) is 0 Å². The third kappa shape index (κ3) is 3.47. The van der Waals surface area contributed by atoms with Crippen molar-refractivity contribution in [3.05, 3.63) is 17.7 Å². The van der Waals surface area contributed by atoms with Crippen molar-refractivity contribution < 1.29 is 9.53 Å². The van der Waals surface area contributed by atoms with Gasteiger partial charge < -0.3 is 21.1 Å². The number of carbonyl (C=O) groups excluding carboxylic acids is 1. The number of nitrogen functional groups attached to an aromatic ring is 1. The Labute approximate surface area is 125 Å². The van der Waals surface area contributed by atoms with Crippen LogP contribution in [0.25, 0.3) is 0 Å². The second-order valence-corrected chi connectivity index (χ2v) is 5.85. The first kappa shape index (κ1) is 14.2. The summed E-state index contributed by atoms with van der Waals surface area (Å²) < 4.78 is 5.72. The van der Waals surface area contributed by atoms with E-state index in [1.807, 2.05) is 12.1 Å². The maximum Gasteiger partial charge on any atom is 0.224 e. The van der Waals surface area contributed by atoms with Crippen molar-refractivity contribution in [1.29, 1.82) is 0 Å². The molecule has 5 heteroatoms. The largest absolute Gasteiger partial charge is 0.397 e. The number of hydrogen-bond acceptors (Lipinski definition) is 4. The van der Waals surface area contributed by atoms with Crippen LogP contribution in [0.3, 0.4) is 0 Å². The Balaban J connectivity index is 1.59. The topological polar surface area (TPSA) is 76.4 Å². The molecule has 0 radical (unpaired) electrons. The fourth-order valence-corrected chi connectivity index (χ4v) is 3.00. The number of hydrogen-bond donors (Lipinski definition) is 3. The molecule has 21 heavy (non-hydrogen) atoms. The Bertz CT molecular complexity index is 524. The van der Waals surface area contributed by atoms with Crippen molar-refractivity contribution in [3.8, 4) is 0 Å². The Morgan fingerprint density at radius 1 is 1.33 bits per heavy atom. The molecule has 0 saturated carbocycles. The summed E-state index contributed by atoms with van der Waals surface area (Å²) in [6, 6.07) is 3.91. The first-order valence-corrected chi connectivity index (χ1v) is 7.80. The lowest BCUT2D eigenvalue weighted by molar-refractivity contribution is -0.116. The summed E-state index contributed by atoms with van der Waals surface area (Å²) in [5.74, 6) is 0.0776. The summed E-state index contributed by atoms with van der Waals surface area (Å²) in [5, 5.41) is 6.28. The standard InChI is InChI=1S/C16H23N3O2/c17-13-9-11-4-5-16(20)19-14(11)10-15(13)18-7-6-12-3-1-2-8-21-12/h9-10,12,18H,1-8,17H2,(H,19,20). The minimum absolute atomic E-state index is 0.0776. The van der Waals surface area contributed by atoms with Crippen LogP contribution in [0.15, 0.2) is 12.1 Å². The average molecular weight is 289 g/mol. The number of nitrogens with one attached hydrogen (secondary N) is 2. The number of benzene rings is 1. The number of rotatable bonds is 4. The van der Waals surface area contributed by atoms with E-state index in [0.29, 0.717) is 12.5 Å². The maximum atomic E-state index is 11.5. The lowest BCUT2D eigenvalue weighted by Crippen LogP contribution is -2.22. The fourth-order valence-electron chi connectivity index (χ4n) is 3.00. The van der Waals surface area contributed by atoms with Crippen molar-refractivity contribution in [2.24, 2.45) is 0 Å². The molecule has 1 atom stereocenters. The molecule has 114 valence electrons. The molecule has 1 unspecified atom stereocenters. The Morgan fingerprint density at radius 2 is 2.24 bits per heavy atom. The highest BCUT2D eigenvalue weighted by Gasteiger charge is 2.17. The molecule has 1 aromatic carbocycles. The first-order chi connectivity index (χ1) is 10.2. The van der Waals surface area contributed by atoms with Crippen LogP contribution >= 0.6 is 0 Å². The summed E-state index contributed by atoms with van der Waals surface area (Å²) >= 11 is 0. The molecule has 0 bridgehead atoms. The lowest BCUT2D eigenvalue weighted by atomic mass is 10.0. The number of anilines is 3. The molecule has 0 spiro atoms. The van der Waals surface area contributed by atoms with E-state index in [4.69, 9.17) is 10.5 Å². The monoisotopic (exact) mass is 289 g/mol. The van der Waals surface area contributed by atoms with Crippen LogP contribution in [0.4, 0.5) is 17.1 Å². The number of nitrogens with two attached hydrogens (primary N) is 1. The molecule has 1 fully saturated rings. The zero-order valence-corrected chi connectivity index (χ0v) is 12.3. The van der Waals surface area contributed by atoms with E-state index in [0.717, 1.165) is 55.0 Å². The predicted molar refractivity (Wildman–Crippen MR) is 84.5 cm³/mol. The highest BCUT2D eigenvalue weighted by molar-refractivity contribution is 5.95. The van der Waals surface area contributed by atoms with Gasteiger partial charge in [0.2, 0.25) is 5.91 Å². The van der Waals surface area contributed by atoms with E-state index in [1.54, 1.807) is 0 Å². The second kappa shape index (κ2) is 6.35. The number of aryl methyl sites for hydroxylation is 1. The average Bonchev–Trinajstić information content (AvgIpc) is 2.49. The highest BCUT2D eigenvalue weighted by Crippen LogP contribution is 2.31. The molecule has 1 amide bonds. The van der Waals surface area contributed by atoms with Crippen LogP contribution in [0.2, 0.25) is 0 Å². The minimum Gasteiger partial charge on any atom is -0.397 e. The Hall–Kier alpha value is -1.75. The molecule has 1 saturated heterocycles. The van der Waals surface area contributed by atoms with E-state index < -0.39 is 0 Å². The normalized spacial score (nSPS) is 21.5. The van der Waals surface area contributed by atoms with Gasteiger partial charge in [-0.15, -0.1) is 0 Å². The summed E-state index contributed by atoms with van der Waals surface area (Å²) in [6.45, 7) is 1.72. The molecule has 2 heterocycles. The fraction of sp³-hybridized carbons (Fsp3) is 0.562. The van der Waals surface area contributed by atoms with Gasteiger partial charge in [0.15, 0.2) is 0 Å². The molecule has 3 rings (SSSR count). The summed E-state index contributed by atoms with van der Waals surface area (Å²) in [7, 11) is 0. The molecule has 4 N–H and O–H groups in total. The zero-order valence-electron chi connectivity index (χ0n) is 12.3. The van der Waals surface area contributed by atoms with Gasteiger partial charge >= 0.3 is 0 Å². The van der Waals surface area contributed by atoms with Crippen LogP contribution in [0.1, 0.15) is 37.7 Å². The van der Waals surface area contributed by atoms with E-state index in [2.05, 4.69) is 10.6 Å². The van der Waals surface area contributed by atoms with Crippen LogP contribution in [-0.2, 0) is 16.0 Å². The molecule has 2 aliphatic heterocycles. The minimum atomic E-state index is 0.0776. The molecular formula is C16H23N3O2. The SMILES string of the molecule is Nc1cc2c(cc1NCCC1CCCCO1)NC(=O)CC2. The smallest absolute Gasteiger partial charge is 0.224 e. The van der Waals surface area contributed by atoms with Gasteiger partial charge in [-0.3, -0.25) is 4.79 Å². The van der Waals surface area contributed by atoms with E-state index >= 15 is 0 Å². The lowest BCUT2D eigenvalue weighted by Gasteiger charge is -2.23. The number of fused-ring (bicyclic) bond motifs is 1. The molecule has 0 aliphatic carbocycles. The van der Waals surface area contributed by atoms with Crippen molar-refractivity contribution in [2.75, 3.05) is 29.5 Å². The number of ether oxygens (including phenoxy) is 1. The van der Waals surface area contributed by atoms with E-state index in [1.165, 1.54) is 12.8 Å². The number of carbonyl (C=O) groups is 1. The van der Waals surface area contributed by atoms with Gasteiger partial charge in [0.05, 0.1) is 17.5 Å². The quantitative estimate of drug-likeness (QED) is 0.744. The van der Waals surface area contributed by atoms with E-state index in [-0.39, 0.29) is 5.91 Å². The molecule has 1 aromatic rings. The van der Waals surface area contributed by atoms with Gasteiger partial charge in [0.25, 0.3) is 0 Å². The van der Waals surface area contributed by atoms with Crippen LogP contribution in [0, 0.1) is 0 Å². The van der Waals surface area contributed by atoms with Gasteiger partial charge in [0, 0.05) is 25.3 Å². The third-order valence-corrected chi connectivity index (χ3v) is 4.23. The maximum absolute atomic E-state index is 11.5. The predicted octanol–water partition coefficient (Wildman–Crippen LogP) is 2.52. The van der Waals surface area contributed by atoms with Crippen LogP contribution < -0.4 is 16.4 Å². The van der Waals surface area contributed by atoms with Gasteiger partial charge in [-0.05, 0) is 49.8 Å². The third-order valence-electron chi connectivity index (χ3n) is 4.23. The van der Waals surface area contributed by atoms with E-state index in [9.17, 15) is 4.79 Å². The van der Waals surface area contributed by atoms with Crippen molar-refractivity contribution >= 4 is 23.0 Å². The summed E-state index contributed by atoms with van der Waals surface area (Å²) in [5.41, 5.74) is 9.74. The van der Waals surface area contributed by atoms with Gasteiger partial charge in [-0.25, -0.2) is 0 Å². The van der Waals surface area contributed by atoms with Gasteiger partial charge in [-0.1, -0.05) is 0 Å². The first-order valence-electron chi connectivity index (χ1n) is 7.80. The molecule has 2 aliphatic rings. The van der Waals surface area contributed by atoms with Crippen LogP contribution in [-0.4, -0.2) is 25.2 Å². The Morgan fingerprint density at radius 3 is 3.05 bits per heavy atom. The zero-order chi connectivity index (χ0) is 14.7. The van der Waals surface area contributed by atoms with Crippen molar-refractivity contribution in [1.82, 2.24) is 0 Å². The van der Waals surface area contributed by atoms with Crippen molar-refractivity contribution in [3.63, 3.8) is 0 Å². The Kier molecular flexibility index (Phi) is 4.29. The van der Waals surface area contributed by atoms with Crippen LogP contribution in [0.5, 0.6) is 0 Å². The summed E-state index contributed by atoms with van der Waals surface area (Å²) in [4.78, 5) is 11.5. The number of amides is 1. The van der Waals surface area contributed by atoms with Crippen molar-refractivity contribution in [2.45, 2.75) is 44.6 Å². The summed E-state index contributed by atoms with van der Waals surface area (Å²) in [6.07, 6.45) is 6.25. The second-order valence-electron chi connectivity index (χ2n) is 5.85. The van der Waals surface area contributed by atoms with Gasteiger partial charge in [0.1, 0.15) is 0 Å². The molecular weight excluding hydrogens is 266 g/mol. The molecule has 5 nitrogen and oxygen atoms in total. The molecule has 0 aromatic heterocycles. The highest BCUT2D eigenvalue weighted by atomic mass is 16.5.